The summed E-state index contributed by atoms with van der Waals surface area (Å²) >= 11 is 3.67. The normalized spacial score (nSPS) is 16.4. The van der Waals surface area contributed by atoms with Crippen LogP contribution in [0.5, 0.6) is 5.75 Å². The Kier molecular flexibility index (Phi) is 4.58. The molecule has 0 radical (unpaired) electrons. The second kappa shape index (κ2) is 6.59. The van der Waals surface area contributed by atoms with Gasteiger partial charge >= 0.3 is 0 Å². The number of halogens is 1. The summed E-state index contributed by atoms with van der Waals surface area (Å²) in [6.07, 6.45) is 3.71. The summed E-state index contributed by atoms with van der Waals surface area (Å²) in [5, 5.41) is 5.86. The number of benzene rings is 2. The second-order valence-electron chi connectivity index (χ2n) is 5.43. The molecule has 106 valence electrons. The topological polar surface area (TPSA) is 21.3 Å². The van der Waals surface area contributed by atoms with Crippen molar-refractivity contribution in [1.29, 1.82) is 0 Å². The molecule has 0 aromatic heterocycles. The Labute approximate surface area is 128 Å². The van der Waals surface area contributed by atoms with Crippen LogP contribution in [0, 0.1) is 5.92 Å². The third-order valence-corrected chi connectivity index (χ3v) is 4.89. The van der Waals surface area contributed by atoms with E-state index in [2.05, 4.69) is 57.6 Å². The molecule has 1 aliphatic heterocycles. The lowest BCUT2D eigenvalue weighted by molar-refractivity contribution is 0.251. The first-order valence-corrected chi connectivity index (χ1v) is 8.14. The maximum atomic E-state index is 5.98. The molecular weight excluding hydrogens is 314 g/mol. The highest BCUT2D eigenvalue weighted by Gasteiger charge is 2.13. The molecule has 1 N–H and O–H groups in total. The van der Waals surface area contributed by atoms with Crippen molar-refractivity contribution in [3.63, 3.8) is 0 Å². The summed E-state index contributed by atoms with van der Waals surface area (Å²) in [5.41, 5.74) is 0. The van der Waals surface area contributed by atoms with Crippen LogP contribution in [-0.2, 0) is 0 Å². The van der Waals surface area contributed by atoms with E-state index in [1.165, 1.54) is 23.6 Å². The number of fused-ring (bicyclic) bond motifs is 1. The summed E-state index contributed by atoms with van der Waals surface area (Å²) in [6, 6.07) is 12.6. The van der Waals surface area contributed by atoms with Crippen LogP contribution in [0.25, 0.3) is 10.8 Å². The van der Waals surface area contributed by atoms with Gasteiger partial charge in [-0.3, -0.25) is 0 Å². The van der Waals surface area contributed by atoms with Crippen LogP contribution in [0.3, 0.4) is 0 Å². The van der Waals surface area contributed by atoms with Crippen LogP contribution in [0.15, 0.2) is 40.9 Å². The quantitative estimate of drug-likeness (QED) is 0.896. The van der Waals surface area contributed by atoms with E-state index < -0.39 is 0 Å². The summed E-state index contributed by atoms with van der Waals surface area (Å²) < 4.78 is 7.05. The fourth-order valence-electron chi connectivity index (χ4n) is 2.83. The fourth-order valence-corrected chi connectivity index (χ4v) is 3.44. The van der Waals surface area contributed by atoms with Gasteiger partial charge in [0.05, 0.1) is 11.1 Å². The Morgan fingerprint density at radius 3 is 2.75 bits per heavy atom. The van der Waals surface area contributed by atoms with Crippen molar-refractivity contribution in [2.75, 3.05) is 19.7 Å². The molecule has 3 rings (SSSR count). The van der Waals surface area contributed by atoms with Crippen molar-refractivity contribution in [1.82, 2.24) is 5.32 Å². The van der Waals surface area contributed by atoms with Crippen molar-refractivity contribution in [2.45, 2.75) is 19.3 Å². The molecule has 3 heteroatoms. The molecule has 1 heterocycles. The highest BCUT2D eigenvalue weighted by atomic mass is 79.9. The van der Waals surface area contributed by atoms with E-state index in [9.17, 15) is 0 Å². The zero-order chi connectivity index (χ0) is 13.8. The molecular formula is C17H20BrNO. The van der Waals surface area contributed by atoms with Gasteiger partial charge in [-0.1, -0.05) is 30.3 Å². The molecule has 1 fully saturated rings. The van der Waals surface area contributed by atoms with E-state index in [-0.39, 0.29) is 0 Å². The van der Waals surface area contributed by atoms with E-state index in [0.29, 0.717) is 0 Å². The molecule has 0 bridgehead atoms. The SMILES string of the molecule is Brc1c(OCCC2CCNCC2)ccc2ccccc12. The first-order chi connectivity index (χ1) is 9.84. The van der Waals surface area contributed by atoms with E-state index in [1.54, 1.807) is 0 Å². The number of piperidine rings is 1. The Hall–Kier alpha value is -1.06. The Morgan fingerprint density at radius 1 is 1.10 bits per heavy atom. The van der Waals surface area contributed by atoms with Crippen molar-refractivity contribution in [3.8, 4) is 5.75 Å². The number of rotatable bonds is 4. The molecule has 0 aliphatic carbocycles. The van der Waals surface area contributed by atoms with Gasteiger partial charge in [0.1, 0.15) is 5.75 Å². The van der Waals surface area contributed by atoms with E-state index >= 15 is 0 Å². The summed E-state index contributed by atoms with van der Waals surface area (Å²) in [7, 11) is 0. The molecule has 2 aromatic carbocycles. The standard InChI is InChI=1S/C17H20BrNO/c18-17-15-4-2-1-3-14(15)5-6-16(17)20-12-9-13-7-10-19-11-8-13/h1-6,13,19H,7-12H2. The van der Waals surface area contributed by atoms with Crippen LogP contribution < -0.4 is 10.1 Å². The minimum absolute atomic E-state index is 0.807. The molecule has 1 saturated heterocycles. The lowest BCUT2D eigenvalue weighted by Gasteiger charge is -2.22. The van der Waals surface area contributed by atoms with Crippen LogP contribution in [0.4, 0.5) is 0 Å². The zero-order valence-corrected chi connectivity index (χ0v) is 13.2. The Morgan fingerprint density at radius 2 is 1.90 bits per heavy atom. The minimum Gasteiger partial charge on any atom is -0.492 e. The Bertz CT molecular complexity index is 578. The molecule has 2 nitrogen and oxygen atoms in total. The van der Waals surface area contributed by atoms with Crippen LogP contribution in [-0.4, -0.2) is 19.7 Å². The highest BCUT2D eigenvalue weighted by molar-refractivity contribution is 9.10. The maximum Gasteiger partial charge on any atom is 0.134 e. The predicted molar refractivity (Wildman–Crippen MR) is 87.4 cm³/mol. The third-order valence-electron chi connectivity index (χ3n) is 4.07. The van der Waals surface area contributed by atoms with Crippen molar-refractivity contribution in [3.05, 3.63) is 40.9 Å². The van der Waals surface area contributed by atoms with E-state index in [0.717, 1.165) is 42.3 Å². The third kappa shape index (κ3) is 3.15. The van der Waals surface area contributed by atoms with E-state index in [1.807, 2.05) is 0 Å². The predicted octanol–water partition coefficient (Wildman–Crippen LogP) is 4.37. The summed E-state index contributed by atoms with van der Waals surface area (Å²) in [5.74, 6) is 1.77. The number of nitrogens with one attached hydrogen (secondary N) is 1. The maximum absolute atomic E-state index is 5.98. The van der Waals surface area contributed by atoms with Crippen molar-refractivity contribution in [2.24, 2.45) is 5.92 Å². The van der Waals surface area contributed by atoms with Crippen molar-refractivity contribution >= 4 is 26.7 Å². The molecule has 2 aromatic rings. The van der Waals surface area contributed by atoms with Crippen LogP contribution in [0.1, 0.15) is 19.3 Å². The van der Waals surface area contributed by atoms with Crippen LogP contribution >= 0.6 is 15.9 Å². The molecule has 0 saturated carbocycles. The molecule has 0 spiro atoms. The van der Waals surface area contributed by atoms with Gasteiger partial charge in [0.2, 0.25) is 0 Å². The molecule has 1 aliphatic rings. The molecule has 0 unspecified atom stereocenters. The monoisotopic (exact) mass is 333 g/mol. The average molecular weight is 334 g/mol. The lowest BCUT2D eigenvalue weighted by atomic mass is 9.95. The molecule has 20 heavy (non-hydrogen) atoms. The van der Waals surface area contributed by atoms with Gasteiger partial charge in [0.25, 0.3) is 0 Å². The minimum atomic E-state index is 0.807. The second-order valence-corrected chi connectivity index (χ2v) is 6.22. The number of hydrogen-bond acceptors (Lipinski definition) is 2. The van der Waals surface area contributed by atoms with Gasteiger partial charge in [0.15, 0.2) is 0 Å². The number of ether oxygens (including phenoxy) is 1. The van der Waals surface area contributed by atoms with Gasteiger partial charge in [-0.2, -0.15) is 0 Å². The van der Waals surface area contributed by atoms with Crippen molar-refractivity contribution < 1.29 is 4.74 Å². The largest absolute Gasteiger partial charge is 0.492 e. The van der Waals surface area contributed by atoms with E-state index in [4.69, 9.17) is 4.74 Å². The Balaban J connectivity index is 1.63. The van der Waals surface area contributed by atoms with Gasteiger partial charge in [-0.15, -0.1) is 0 Å². The van der Waals surface area contributed by atoms with Crippen LogP contribution in [0.2, 0.25) is 0 Å². The molecule has 0 atom stereocenters. The first-order valence-electron chi connectivity index (χ1n) is 7.35. The van der Waals surface area contributed by atoms with Gasteiger partial charge in [-0.25, -0.2) is 0 Å². The van der Waals surface area contributed by atoms with Gasteiger partial charge in [0, 0.05) is 0 Å². The average Bonchev–Trinajstić information content (AvgIpc) is 2.51. The smallest absolute Gasteiger partial charge is 0.134 e. The highest BCUT2D eigenvalue weighted by Crippen LogP contribution is 2.33. The summed E-state index contributed by atoms with van der Waals surface area (Å²) in [4.78, 5) is 0. The first kappa shape index (κ1) is 13.9. The fraction of sp³-hybridized carbons (Fsp3) is 0.412. The van der Waals surface area contributed by atoms with Gasteiger partial charge < -0.3 is 10.1 Å². The zero-order valence-electron chi connectivity index (χ0n) is 11.6. The summed E-state index contributed by atoms with van der Waals surface area (Å²) in [6.45, 7) is 3.12. The number of hydrogen-bond donors (Lipinski definition) is 1. The van der Waals surface area contributed by atoms with Gasteiger partial charge in [-0.05, 0) is 71.0 Å². The lowest BCUT2D eigenvalue weighted by Crippen LogP contribution is -2.28. The molecule has 0 amide bonds.